The van der Waals surface area contributed by atoms with Crippen LogP contribution in [-0.2, 0) is 9.84 Å². The number of hydrogen-bond acceptors (Lipinski definition) is 4. The lowest BCUT2D eigenvalue weighted by atomic mass is 9.95. The molecule has 1 aliphatic rings. The highest BCUT2D eigenvalue weighted by atomic mass is 32.2. The molecule has 0 aliphatic heterocycles. The molecule has 0 aromatic rings. The molecule has 0 heterocycles. The quantitative estimate of drug-likeness (QED) is 0.775. The number of thioether (sulfide) groups is 1. The van der Waals surface area contributed by atoms with Crippen LogP contribution in [-0.4, -0.2) is 44.0 Å². The summed E-state index contributed by atoms with van der Waals surface area (Å²) in [4.78, 5) is 0. The van der Waals surface area contributed by atoms with E-state index in [1.807, 2.05) is 18.7 Å². The number of hydrogen-bond donors (Lipinski definition) is 1. The van der Waals surface area contributed by atoms with Gasteiger partial charge in [-0.05, 0) is 38.4 Å². The van der Waals surface area contributed by atoms with E-state index >= 15 is 0 Å². The molecule has 0 spiro atoms. The van der Waals surface area contributed by atoms with Gasteiger partial charge in [-0.3, -0.25) is 0 Å². The molecule has 0 amide bonds. The van der Waals surface area contributed by atoms with Gasteiger partial charge in [0, 0.05) is 23.6 Å². The van der Waals surface area contributed by atoms with E-state index in [0.29, 0.717) is 24.1 Å². The van der Waals surface area contributed by atoms with Crippen molar-refractivity contribution in [3.05, 3.63) is 0 Å². The maximum atomic E-state index is 11.5. The summed E-state index contributed by atoms with van der Waals surface area (Å²) in [6.07, 6.45) is 7.82. The number of rotatable bonds is 7. The molecule has 0 bridgehead atoms. The van der Waals surface area contributed by atoms with Gasteiger partial charge in [0.15, 0.2) is 9.84 Å². The van der Waals surface area contributed by atoms with E-state index < -0.39 is 9.84 Å². The molecule has 17 heavy (non-hydrogen) atoms. The summed E-state index contributed by atoms with van der Waals surface area (Å²) in [6, 6.07) is 0.537. The highest BCUT2D eigenvalue weighted by Gasteiger charge is 2.20. The fourth-order valence-electron chi connectivity index (χ4n) is 2.33. The molecule has 0 saturated heterocycles. The Balaban J connectivity index is 2.16. The zero-order chi connectivity index (χ0) is 12.7. The van der Waals surface area contributed by atoms with E-state index in [0.717, 1.165) is 11.7 Å². The fourth-order valence-corrected chi connectivity index (χ4v) is 4.33. The van der Waals surface area contributed by atoms with Crippen LogP contribution in [0.3, 0.4) is 0 Å². The second-order valence-electron chi connectivity index (χ2n) is 4.82. The van der Waals surface area contributed by atoms with Crippen LogP contribution in [0.25, 0.3) is 0 Å². The standard InChI is InChI=1S/C12H25NO2S2/c1-3-9-17(14,15)10-8-13-11-4-6-12(16-2)7-5-11/h11-13H,3-10H2,1-2H3. The Morgan fingerprint density at radius 3 is 2.35 bits per heavy atom. The molecular formula is C12H25NO2S2. The van der Waals surface area contributed by atoms with Crippen LogP contribution in [0, 0.1) is 0 Å². The molecule has 1 fully saturated rings. The van der Waals surface area contributed by atoms with Crippen LogP contribution < -0.4 is 5.32 Å². The minimum atomic E-state index is -2.81. The molecule has 0 aromatic heterocycles. The molecule has 0 aromatic carbocycles. The largest absolute Gasteiger partial charge is 0.313 e. The summed E-state index contributed by atoms with van der Waals surface area (Å²) < 4.78 is 23.1. The summed E-state index contributed by atoms with van der Waals surface area (Å²) in [5.74, 6) is 0.622. The van der Waals surface area contributed by atoms with E-state index in [4.69, 9.17) is 0 Å². The summed E-state index contributed by atoms with van der Waals surface area (Å²) in [7, 11) is -2.81. The van der Waals surface area contributed by atoms with E-state index in [1.165, 1.54) is 25.7 Å². The Morgan fingerprint density at radius 2 is 1.82 bits per heavy atom. The Hall–Kier alpha value is 0.260. The van der Waals surface area contributed by atoms with Crippen LogP contribution in [0.15, 0.2) is 0 Å². The first-order chi connectivity index (χ1) is 8.07. The summed E-state index contributed by atoms with van der Waals surface area (Å²) in [5, 5.41) is 4.21. The van der Waals surface area contributed by atoms with Crippen molar-refractivity contribution >= 4 is 21.6 Å². The third kappa shape index (κ3) is 6.11. The summed E-state index contributed by atoms with van der Waals surface area (Å²) in [6.45, 7) is 2.53. The van der Waals surface area contributed by atoms with E-state index in [-0.39, 0.29) is 0 Å². The van der Waals surface area contributed by atoms with Crippen LogP contribution in [0.4, 0.5) is 0 Å². The van der Waals surface area contributed by atoms with E-state index in [9.17, 15) is 8.42 Å². The molecule has 1 saturated carbocycles. The molecule has 1 aliphatic carbocycles. The molecule has 102 valence electrons. The Morgan fingerprint density at radius 1 is 1.18 bits per heavy atom. The maximum absolute atomic E-state index is 11.5. The van der Waals surface area contributed by atoms with Gasteiger partial charge in [-0.25, -0.2) is 8.42 Å². The zero-order valence-electron chi connectivity index (χ0n) is 10.9. The van der Waals surface area contributed by atoms with Gasteiger partial charge in [-0.15, -0.1) is 0 Å². The molecule has 0 atom stereocenters. The van der Waals surface area contributed by atoms with Crippen molar-refractivity contribution in [2.75, 3.05) is 24.3 Å². The predicted molar refractivity (Wildman–Crippen MR) is 76.5 cm³/mol. The maximum Gasteiger partial charge on any atom is 0.151 e. The first-order valence-corrected chi connectivity index (χ1v) is 9.65. The van der Waals surface area contributed by atoms with Gasteiger partial charge in [0.1, 0.15) is 0 Å². The first-order valence-electron chi connectivity index (χ1n) is 6.54. The normalized spacial score (nSPS) is 26.0. The van der Waals surface area contributed by atoms with Gasteiger partial charge < -0.3 is 5.32 Å². The average molecular weight is 279 g/mol. The average Bonchev–Trinajstić information content (AvgIpc) is 2.29. The summed E-state index contributed by atoms with van der Waals surface area (Å²) >= 11 is 1.96. The second kappa shape index (κ2) is 7.64. The Bertz CT molecular complexity index is 296. The molecule has 0 unspecified atom stereocenters. The minimum absolute atomic E-state index is 0.295. The minimum Gasteiger partial charge on any atom is -0.313 e. The third-order valence-corrected chi connectivity index (χ3v) is 6.36. The molecule has 5 heteroatoms. The molecule has 1 N–H and O–H groups in total. The van der Waals surface area contributed by atoms with Crippen molar-refractivity contribution < 1.29 is 8.42 Å². The van der Waals surface area contributed by atoms with Crippen LogP contribution >= 0.6 is 11.8 Å². The predicted octanol–water partition coefficient (Wildman–Crippen LogP) is 2.07. The van der Waals surface area contributed by atoms with Crippen LogP contribution in [0.5, 0.6) is 0 Å². The highest BCUT2D eigenvalue weighted by Crippen LogP contribution is 2.26. The van der Waals surface area contributed by atoms with Crippen LogP contribution in [0.1, 0.15) is 39.0 Å². The van der Waals surface area contributed by atoms with Gasteiger partial charge in [-0.2, -0.15) is 11.8 Å². The molecule has 0 radical (unpaired) electrons. The number of nitrogens with one attached hydrogen (secondary N) is 1. The molecular weight excluding hydrogens is 254 g/mol. The monoisotopic (exact) mass is 279 g/mol. The van der Waals surface area contributed by atoms with Crippen molar-refractivity contribution in [1.82, 2.24) is 5.32 Å². The van der Waals surface area contributed by atoms with Gasteiger partial charge in [0.05, 0.1) is 5.75 Å². The molecule has 1 rings (SSSR count). The highest BCUT2D eigenvalue weighted by molar-refractivity contribution is 7.99. The van der Waals surface area contributed by atoms with Gasteiger partial charge in [0.25, 0.3) is 0 Å². The molecule has 3 nitrogen and oxygen atoms in total. The van der Waals surface area contributed by atoms with Crippen molar-refractivity contribution in [3.8, 4) is 0 Å². The van der Waals surface area contributed by atoms with E-state index in [1.54, 1.807) is 0 Å². The Kier molecular flexibility index (Phi) is 6.89. The summed E-state index contributed by atoms with van der Waals surface area (Å²) in [5.41, 5.74) is 0. The fraction of sp³-hybridized carbons (Fsp3) is 1.00. The topological polar surface area (TPSA) is 46.2 Å². The first kappa shape index (κ1) is 15.3. The Labute approximate surface area is 110 Å². The van der Waals surface area contributed by atoms with Crippen LogP contribution in [0.2, 0.25) is 0 Å². The van der Waals surface area contributed by atoms with Gasteiger partial charge in [-0.1, -0.05) is 6.92 Å². The zero-order valence-corrected chi connectivity index (χ0v) is 12.6. The van der Waals surface area contributed by atoms with Crippen molar-refractivity contribution in [3.63, 3.8) is 0 Å². The lowest BCUT2D eigenvalue weighted by molar-refractivity contribution is 0.387. The SMILES string of the molecule is CCCS(=O)(=O)CCNC1CCC(SC)CC1. The van der Waals surface area contributed by atoms with Gasteiger partial charge >= 0.3 is 0 Å². The van der Waals surface area contributed by atoms with Crippen molar-refractivity contribution in [1.29, 1.82) is 0 Å². The van der Waals surface area contributed by atoms with Crippen molar-refractivity contribution in [2.24, 2.45) is 0 Å². The second-order valence-corrected chi connectivity index (χ2v) is 8.26. The smallest absolute Gasteiger partial charge is 0.151 e. The van der Waals surface area contributed by atoms with Crippen molar-refractivity contribution in [2.45, 2.75) is 50.3 Å². The number of sulfone groups is 1. The lowest BCUT2D eigenvalue weighted by Crippen LogP contribution is -2.36. The van der Waals surface area contributed by atoms with E-state index in [2.05, 4.69) is 11.6 Å². The van der Waals surface area contributed by atoms with Gasteiger partial charge in [0.2, 0.25) is 0 Å². The lowest BCUT2D eigenvalue weighted by Gasteiger charge is -2.28. The third-order valence-electron chi connectivity index (χ3n) is 3.37.